The molecule has 2 aromatic carbocycles. The molecule has 0 N–H and O–H groups in total. The average molecular weight is 555 g/mol. The third-order valence-electron chi connectivity index (χ3n) is 5.71. The lowest BCUT2D eigenvalue weighted by Crippen LogP contribution is -2.60. The monoisotopic (exact) mass is 554 g/mol. The van der Waals surface area contributed by atoms with E-state index in [0.29, 0.717) is 22.1 Å². The van der Waals surface area contributed by atoms with Crippen LogP contribution in [0.5, 0.6) is 0 Å². The number of carbonyl (C=O) groups excluding carboxylic acids is 3. The topological polar surface area (TPSA) is 102 Å². The molecule has 4 rings (SSSR count). The molecular weight excluding hydrogens is 531 g/mol. The predicted octanol–water partition coefficient (Wildman–Crippen LogP) is 4.25. The van der Waals surface area contributed by atoms with E-state index < -0.39 is 29.4 Å². The Bertz CT molecular complexity index is 1420. The predicted molar refractivity (Wildman–Crippen MR) is 141 cm³/mol. The van der Waals surface area contributed by atoms with Crippen LogP contribution in [0.15, 0.2) is 48.7 Å². The maximum atomic E-state index is 13.5. The maximum Gasteiger partial charge on any atom is 0.329 e. The summed E-state index contributed by atoms with van der Waals surface area (Å²) in [6, 6.07) is 10.5. The Morgan fingerprint density at radius 3 is 2.39 bits per heavy atom. The van der Waals surface area contributed by atoms with Crippen LogP contribution >= 0.6 is 23.2 Å². The van der Waals surface area contributed by atoms with Crippen molar-refractivity contribution >= 4 is 52.4 Å². The number of aromatic nitrogens is 3. The number of nitrogens with zero attached hydrogens (tertiary/aromatic N) is 6. The molecule has 1 unspecified atom stereocenters. The third kappa shape index (κ3) is 6.13. The normalized spacial score (nSPS) is 14.8. The van der Waals surface area contributed by atoms with E-state index in [0.717, 1.165) is 5.56 Å². The Hall–Kier alpha value is -3.94. The summed E-state index contributed by atoms with van der Waals surface area (Å²) in [7, 11) is 0. The summed E-state index contributed by atoms with van der Waals surface area (Å²) in [4.78, 5) is 46.0. The summed E-state index contributed by atoms with van der Waals surface area (Å²) in [5.41, 5.74) is 1.17. The maximum absolute atomic E-state index is 13.5. The summed E-state index contributed by atoms with van der Waals surface area (Å²) in [5, 5.41) is 8.23. The van der Waals surface area contributed by atoms with Crippen LogP contribution in [0.25, 0.3) is 10.5 Å². The molecule has 38 heavy (non-hydrogen) atoms. The average Bonchev–Trinajstić information content (AvgIpc) is 3.29. The van der Waals surface area contributed by atoms with Crippen molar-refractivity contribution in [1.29, 1.82) is 0 Å². The minimum absolute atomic E-state index is 0.117. The van der Waals surface area contributed by atoms with Crippen molar-refractivity contribution < 1.29 is 19.1 Å². The number of piperazine rings is 1. The third-order valence-corrected chi connectivity index (χ3v) is 6.12. The molecule has 1 saturated heterocycles. The molecule has 1 aliphatic rings. The highest BCUT2D eigenvalue weighted by Crippen LogP contribution is 2.30. The van der Waals surface area contributed by atoms with Gasteiger partial charge in [0, 0.05) is 11.4 Å². The van der Waals surface area contributed by atoms with Gasteiger partial charge >= 0.3 is 5.97 Å². The first-order valence-corrected chi connectivity index (χ1v) is 12.4. The fourth-order valence-corrected chi connectivity index (χ4v) is 4.32. The van der Waals surface area contributed by atoms with Gasteiger partial charge in [-0.3, -0.25) is 14.5 Å². The van der Waals surface area contributed by atoms with Crippen molar-refractivity contribution in [2.24, 2.45) is 0 Å². The van der Waals surface area contributed by atoms with Gasteiger partial charge in [-0.15, -0.1) is 5.10 Å². The zero-order valence-electron chi connectivity index (χ0n) is 20.9. The van der Waals surface area contributed by atoms with E-state index in [2.05, 4.69) is 15.2 Å². The number of ether oxygens (including phenoxy) is 1. The van der Waals surface area contributed by atoms with Crippen molar-refractivity contribution in [2.45, 2.75) is 38.8 Å². The van der Waals surface area contributed by atoms with Crippen molar-refractivity contribution in [1.82, 2.24) is 19.9 Å². The quantitative estimate of drug-likeness (QED) is 0.333. The molecule has 0 saturated carbocycles. The second kappa shape index (κ2) is 10.8. The Kier molecular flexibility index (Phi) is 7.71. The van der Waals surface area contributed by atoms with Crippen LogP contribution in [0.1, 0.15) is 26.3 Å². The molecule has 2 amide bonds. The minimum Gasteiger partial charge on any atom is -0.458 e. The highest BCUT2D eigenvalue weighted by molar-refractivity contribution is 6.31. The van der Waals surface area contributed by atoms with Crippen molar-refractivity contribution in [3.8, 4) is 5.69 Å². The minimum atomic E-state index is -1.04. The van der Waals surface area contributed by atoms with Crippen molar-refractivity contribution in [2.75, 3.05) is 18.0 Å². The highest BCUT2D eigenvalue weighted by atomic mass is 35.5. The molecule has 1 fully saturated rings. The van der Waals surface area contributed by atoms with Gasteiger partial charge in [0.25, 0.3) is 0 Å². The standard InChI is InChI=1S/C26H24Cl2N6O4/c1-26(2,3)38-25(37)21(11-16-5-8-18(29-4)9-6-16)33-15-23(35)32(14-24(33)36)20-12-17(27)7-10-19(20)34-13-22(28)30-31-34/h5-10,12-13,21H,11,14-15H2,1-3H3. The van der Waals surface area contributed by atoms with E-state index >= 15 is 0 Å². The molecule has 1 aromatic heterocycles. The second-order valence-electron chi connectivity index (χ2n) is 9.65. The lowest BCUT2D eigenvalue weighted by atomic mass is 10.0. The molecule has 2 heterocycles. The zero-order valence-corrected chi connectivity index (χ0v) is 22.4. The lowest BCUT2D eigenvalue weighted by Gasteiger charge is -2.38. The van der Waals surface area contributed by atoms with Gasteiger partial charge in [-0.25, -0.2) is 14.3 Å². The number of rotatable bonds is 6. The number of hydrogen-bond donors (Lipinski definition) is 0. The Labute approximate surface area is 229 Å². The van der Waals surface area contributed by atoms with Gasteiger partial charge in [0.05, 0.1) is 24.1 Å². The number of carbonyl (C=O) groups is 3. The van der Waals surface area contributed by atoms with Crippen molar-refractivity contribution in [3.05, 3.63) is 75.8 Å². The molecule has 3 aromatic rings. The number of hydrogen-bond acceptors (Lipinski definition) is 6. The van der Waals surface area contributed by atoms with Gasteiger partial charge in [-0.1, -0.05) is 52.7 Å². The summed E-state index contributed by atoms with van der Waals surface area (Å²) >= 11 is 12.1. The molecule has 0 spiro atoms. The van der Waals surface area contributed by atoms with E-state index in [1.54, 1.807) is 63.2 Å². The summed E-state index contributed by atoms with van der Waals surface area (Å²) in [6.45, 7) is 11.6. The van der Waals surface area contributed by atoms with Gasteiger partial charge in [0.2, 0.25) is 11.8 Å². The number of esters is 1. The first-order valence-electron chi connectivity index (χ1n) is 11.6. The fraction of sp³-hybridized carbons (Fsp3) is 0.308. The molecule has 1 atom stereocenters. The zero-order chi connectivity index (χ0) is 27.6. The van der Waals surface area contributed by atoms with E-state index in [-0.39, 0.29) is 24.7 Å². The summed E-state index contributed by atoms with van der Waals surface area (Å²) in [5.74, 6) is -1.49. The van der Waals surface area contributed by atoms with Crippen LogP contribution in [-0.2, 0) is 25.5 Å². The van der Waals surface area contributed by atoms with E-state index in [4.69, 9.17) is 34.5 Å². The van der Waals surface area contributed by atoms with Gasteiger partial charge in [-0.2, -0.15) is 0 Å². The Balaban J connectivity index is 1.64. The Morgan fingerprint density at radius 1 is 1.08 bits per heavy atom. The number of halogens is 2. The SMILES string of the molecule is [C-]#[N+]c1ccc(CC(C(=O)OC(C)(C)C)N2CC(=O)N(c3cc(Cl)ccc3-n3cc(Cl)nn3)CC2=O)cc1. The Morgan fingerprint density at radius 2 is 1.79 bits per heavy atom. The summed E-state index contributed by atoms with van der Waals surface area (Å²) in [6.07, 6.45) is 1.58. The molecule has 10 nitrogen and oxygen atoms in total. The molecule has 0 aliphatic carbocycles. The number of amides is 2. The first kappa shape index (κ1) is 27.1. The molecule has 12 heteroatoms. The first-order chi connectivity index (χ1) is 17.9. The lowest BCUT2D eigenvalue weighted by molar-refractivity contribution is -0.165. The largest absolute Gasteiger partial charge is 0.458 e. The van der Waals surface area contributed by atoms with Crippen LogP contribution in [-0.4, -0.2) is 62.4 Å². The van der Waals surface area contributed by atoms with Crippen LogP contribution in [0.2, 0.25) is 10.2 Å². The molecular formula is C26H24Cl2N6O4. The highest BCUT2D eigenvalue weighted by Gasteiger charge is 2.40. The van der Waals surface area contributed by atoms with Gasteiger partial charge in [0.15, 0.2) is 10.8 Å². The molecule has 0 bridgehead atoms. The molecule has 196 valence electrons. The summed E-state index contributed by atoms with van der Waals surface area (Å²) < 4.78 is 6.99. The number of anilines is 1. The van der Waals surface area contributed by atoms with E-state index in [1.165, 1.54) is 20.7 Å². The van der Waals surface area contributed by atoms with Crippen molar-refractivity contribution in [3.63, 3.8) is 0 Å². The van der Waals surface area contributed by atoms with E-state index in [9.17, 15) is 14.4 Å². The van der Waals surface area contributed by atoms with E-state index in [1.807, 2.05) is 0 Å². The van der Waals surface area contributed by atoms with Crippen LogP contribution in [0.3, 0.4) is 0 Å². The van der Waals surface area contributed by atoms with Crippen LogP contribution in [0, 0.1) is 6.57 Å². The molecule has 0 radical (unpaired) electrons. The van der Waals surface area contributed by atoms with Crippen LogP contribution in [0.4, 0.5) is 11.4 Å². The van der Waals surface area contributed by atoms with Crippen LogP contribution < -0.4 is 4.90 Å². The smallest absolute Gasteiger partial charge is 0.329 e. The van der Waals surface area contributed by atoms with Gasteiger partial charge < -0.3 is 9.64 Å². The number of benzene rings is 2. The van der Waals surface area contributed by atoms with Gasteiger partial charge in [0.1, 0.15) is 24.7 Å². The second-order valence-corrected chi connectivity index (χ2v) is 10.5. The fourth-order valence-electron chi connectivity index (χ4n) is 4.03. The molecule has 1 aliphatic heterocycles. The van der Waals surface area contributed by atoms with Gasteiger partial charge in [-0.05, 0) is 44.5 Å².